The number of hydrogen-bond acceptors (Lipinski definition) is 2. The molecule has 0 amide bonds. The molecule has 1 aliphatic rings. The monoisotopic (exact) mass is 241 g/mol. The van der Waals surface area contributed by atoms with Crippen molar-refractivity contribution in [3.8, 4) is 0 Å². The Kier molecular flexibility index (Phi) is 7.87. The van der Waals surface area contributed by atoms with Gasteiger partial charge in [-0.2, -0.15) is 0 Å². The van der Waals surface area contributed by atoms with Crippen molar-refractivity contribution in [3.05, 3.63) is 0 Å². The molecule has 0 atom stereocenters. The van der Waals surface area contributed by atoms with Gasteiger partial charge < -0.3 is 10.1 Å². The van der Waals surface area contributed by atoms with Crippen molar-refractivity contribution >= 4 is 0 Å². The Morgan fingerprint density at radius 1 is 1.12 bits per heavy atom. The molecule has 1 fully saturated rings. The van der Waals surface area contributed by atoms with Crippen LogP contribution in [0.2, 0.25) is 0 Å². The SMILES string of the molecule is CCCOCCCNC1CCC(C(C)C)CC1. The van der Waals surface area contributed by atoms with Gasteiger partial charge in [-0.15, -0.1) is 0 Å². The summed E-state index contributed by atoms with van der Waals surface area (Å²) in [6.07, 6.45) is 7.87. The average Bonchev–Trinajstić information content (AvgIpc) is 2.34. The molecule has 0 bridgehead atoms. The molecule has 1 aliphatic carbocycles. The van der Waals surface area contributed by atoms with Gasteiger partial charge in [-0.25, -0.2) is 0 Å². The highest BCUT2D eigenvalue weighted by molar-refractivity contribution is 4.78. The zero-order chi connectivity index (χ0) is 12.5. The van der Waals surface area contributed by atoms with Crippen LogP contribution < -0.4 is 5.32 Å². The Hall–Kier alpha value is -0.0800. The molecule has 1 N–H and O–H groups in total. The zero-order valence-corrected chi connectivity index (χ0v) is 12.0. The molecule has 0 aromatic carbocycles. The summed E-state index contributed by atoms with van der Waals surface area (Å²) in [6.45, 7) is 9.85. The fourth-order valence-corrected chi connectivity index (χ4v) is 2.72. The van der Waals surface area contributed by atoms with Gasteiger partial charge in [0.2, 0.25) is 0 Å². The molecule has 0 radical (unpaired) electrons. The molecule has 0 spiro atoms. The van der Waals surface area contributed by atoms with Crippen LogP contribution in [0.1, 0.15) is 59.3 Å². The summed E-state index contributed by atoms with van der Waals surface area (Å²) in [5.74, 6) is 1.85. The van der Waals surface area contributed by atoms with Crippen molar-refractivity contribution in [2.45, 2.75) is 65.3 Å². The van der Waals surface area contributed by atoms with E-state index in [9.17, 15) is 0 Å². The van der Waals surface area contributed by atoms with E-state index in [1.54, 1.807) is 0 Å². The van der Waals surface area contributed by atoms with E-state index >= 15 is 0 Å². The van der Waals surface area contributed by atoms with E-state index in [0.717, 1.165) is 50.5 Å². The van der Waals surface area contributed by atoms with Gasteiger partial charge in [-0.1, -0.05) is 20.8 Å². The predicted octanol–water partition coefficient (Wildman–Crippen LogP) is 3.61. The number of ether oxygens (including phenoxy) is 1. The van der Waals surface area contributed by atoms with Gasteiger partial charge in [0.05, 0.1) is 0 Å². The second kappa shape index (κ2) is 8.93. The lowest BCUT2D eigenvalue weighted by Gasteiger charge is -2.31. The molecule has 1 saturated carbocycles. The van der Waals surface area contributed by atoms with Crippen LogP contribution in [-0.2, 0) is 4.74 Å². The normalized spacial score (nSPS) is 25.4. The molecule has 0 aliphatic heterocycles. The minimum absolute atomic E-state index is 0.774. The van der Waals surface area contributed by atoms with Gasteiger partial charge in [0.1, 0.15) is 0 Å². The molecule has 102 valence electrons. The number of nitrogens with one attached hydrogen (secondary N) is 1. The standard InChI is InChI=1S/C15H31NO/c1-4-11-17-12-5-10-16-15-8-6-14(7-9-15)13(2)3/h13-16H,4-12H2,1-3H3. The lowest BCUT2D eigenvalue weighted by molar-refractivity contribution is 0.130. The fourth-order valence-electron chi connectivity index (χ4n) is 2.72. The van der Waals surface area contributed by atoms with Crippen LogP contribution in [0, 0.1) is 11.8 Å². The van der Waals surface area contributed by atoms with Crippen LogP contribution in [0.4, 0.5) is 0 Å². The minimum atomic E-state index is 0.774. The summed E-state index contributed by atoms with van der Waals surface area (Å²) in [7, 11) is 0. The maximum Gasteiger partial charge on any atom is 0.0478 e. The number of rotatable bonds is 8. The van der Waals surface area contributed by atoms with E-state index in [0.29, 0.717) is 0 Å². The minimum Gasteiger partial charge on any atom is -0.381 e. The fraction of sp³-hybridized carbons (Fsp3) is 1.00. The summed E-state index contributed by atoms with van der Waals surface area (Å²) in [5, 5.41) is 3.68. The lowest BCUT2D eigenvalue weighted by Crippen LogP contribution is -2.35. The van der Waals surface area contributed by atoms with Crippen molar-refractivity contribution in [1.29, 1.82) is 0 Å². The van der Waals surface area contributed by atoms with Crippen LogP contribution >= 0.6 is 0 Å². The van der Waals surface area contributed by atoms with Gasteiger partial charge in [0.15, 0.2) is 0 Å². The van der Waals surface area contributed by atoms with E-state index in [4.69, 9.17) is 4.74 Å². The molecule has 0 unspecified atom stereocenters. The van der Waals surface area contributed by atoms with Gasteiger partial charge in [0.25, 0.3) is 0 Å². The summed E-state index contributed by atoms with van der Waals surface area (Å²) >= 11 is 0. The van der Waals surface area contributed by atoms with Crippen LogP contribution in [0.5, 0.6) is 0 Å². The molecule has 0 saturated heterocycles. The first-order chi connectivity index (χ1) is 8.24. The molecule has 0 aromatic heterocycles. The van der Waals surface area contributed by atoms with Gasteiger partial charge in [-0.05, 0) is 56.9 Å². The Morgan fingerprint density at radius 2 is 1.82 bits per heavy atom. The highest BCUT2D eigenvalue weighted by Crippen LogP contribution is 2.29. The van der Waals surface area contributed by atoms with E-state index in [2.05, 4.69) is 26.1 Å². The van der Waals surface area contributed by atoms with Gasteiger partial charge >= 0.3 is 0 Å². The Bertz CT molecular complexity index is 174. The van der Waals surface area contributed by atoms with E-state index < -0.39 is 0 Å². The maximum absolute atomic E-state index is 5.48. The average molecular weight is 241 g/mol. The van der Waals surface area contributed by atoms with Crippen LogP contribution in [0.3, 0.4) is 0 Å². The maximum atomic E-state index is 5.48. The third-order valence-electron chi connectivity index (χ3n) is 3.96. The van der Waals surface area contributed by atoms with Gasteiger partial charge in [0, 0.05) is 19.3 Å². The van der Waals surface area contributed by atoms with Crippen LogP contribution in [0.15, 0.2) is 0 Å². The van der Waals surface area contributed by atoms with Crippen molar-refractivity contribution < 1.29 is 4.74 Å². The summed E-state index contributed by atoms with van der Waals surface area (Å²) in [6, 6.07) is 0.774. The molecule has 0 aromatic rings. The topological polar surface area (TPSA) is 21.3 Å². The van der Waals surface area contributed by atoms with Crippen molar-refractivity contribution in [1.82, 2.24) is 5.32 Å². The third-order valence-corrected chi connectivity index (χ3v) is 3.96. The quantitative estimate of drug-likeness (QED) is 0.656. The Labute approximate surface area is 108 Å². The largest absolute Gasteiger partial charge is 0.381 e. The van der Waals surface area contributed by atoms with E-state index in [1.165, 1.54) is 25.7 Å². The first kappa shape index (κ1) is 15.0. The predicted molar refractivity (Wildman–Crippen MR) is 74.3 cm³/mol. The highest BCUT2D eigenvalue weighted by atomic mass is 16.5. The first-order valence-electron chi connectivity index (χ1n) is 7.55. The summed E-state index contributed by atoms with van der Waals surface area (Å²) in [5.41, 5.74) is 0. The van der Waals surface area contributed by atoms with Crippen LogP contribution in [0.25, 0.3) is 0 Å². The van der Waals surface area contributed by atoms with E-state index in [1.807, 2.05) is 0 Å². The highest BCUT2D eigenvalue weighted by Gasteiger charge is 2.22. The smallest absolute Gasteiger partial charge is 0.0478 e. The second-order valence-corrected chi connectivity index (χ2v) is 5.78. The Balaban J connectivity index is 1.95. The molecule has 2 heteroatoms. The van der Waals surface area contributed by atoms with E-state index in [-0.39, 0.29) is 0 Å². The van der Waals surface area contributed by atoms with Crippen LogP contribution in [-0.4, -0.2) is 25.8 Å². The number of hydrogen-bond donors (Lipinski definition) is 1. The molecule has 0 heterocycles. The molecule has 1 rings (SSSR count). The lowest BCUT2D eigenvalue weighted by atomic mass is 9.80. The summed E-state index contributed by atoms with van der Waals surface area (Å²) in [4.78, 5) is 0. The zero-order valence-electron chi connectivity index (χ0n) is 12.0. The molecule has 2 nitrogen and oxygen atoms in total. The van der Waals surface area contributed by atoms with Crippen molar-refractivity contribution in [2.24, 2.45) is 11.8 Å². The first-order valence-corrected chi connectivity index (χ1v) is 7.55. The third kappa shape index (κ3) is 6.42. The second-order valence-electron chi connectivity index (χ2n) is 5.78. The molecular formula is C15H31NO. The summed E-state index contributed by atoms with van der Waals surface area (Å²) < 4.78 is 5.48. The Morgan fingerprint density at radius 3 is 2.41 bits per heavy atom. The molecule has 17 heavy (non-hydrogen) atoms. The van der Waals surface area contributed by atoms with Crippen molar-refractivity contribution in [3.63, 3.8) is 0 Å². The van der Waals surface area contributed by atoms with Gasteiger partial charge in [-0.3, -0.25) is 0 Å². The van der Waals surface area contributed by atoms with Crippen molar-refractivity contribution in [2.75, 3.05) is 19.8 Å². The molecular weight excluding hydrogens is 210 g/mol.